The summed E-state index contributed by atoms with van der Waals surface area (Å²) in [6.45, 7) is 2.79. The van der Waals surface area contributed by atoms with E-state index in [4.69, 9.17) is 14.2 Å². The van der Waals surface area contributed by atoms with Crippen molar-refractivity contribution in [2.45, 2.75) is 24.3 Å². The average Bonchev–Trinajstić information content (AvgIpc) is 2.79. The van der Waals surface area contributed by atoms with Gasteiger partial charge in [0.05, 0.1) is 18.0 Å². The predicted molar refractivity (Wildman–Crippen MR) is 118 cm³/mol. The van der Waals surface area contributed by atoms with E-state index < -0.39 is 16.1 Å². The van der Waals surface area contributed by atoms with Gasteiger partial charge in [0, 0.05) is 0 Å². The molecule has 1 aliphatic rings. The molecule has 1 heterocycles. The molecule has 6 nitrogen and oxygen atoms in total. The number of aryl methyl sites for hydroxylation is 1. The van der Waals surface area contributed by atoms with E-state index in [2.05, 4.69) is 4.72 Å². The van der Waals surface area contributed by atoms with E-state index in [1.165, 1.54) is 0 Å². The lowest BCUT2D eigenvalue weighted by Crippen LogP contribution is -2.30. The molecule has 0 bridgehead atoms. The first kappa shape index (κ1) is 21.2. The summed E-state index contributed by atoms with van der Waals surface area (Å²) in [5, 5.41) is 0. The molecule has 0 amide bonds. The number of benzene rings is 3. The lowest BCUT2D eigenvalue weighted by molar-refractivity contribution is 0.171. The molecule has 0 radical (unpaired) electrons. The molecule has 1 atom stereocenters. The molecule has 162 valence electrons. The van der Waals surface area contributed by atoms with E-state index in [-0.39, 0.29) is 4.90 Å². The number of hydrogen-bond acceptors (Lipinski definition) is 5. The van der Waals surface area contributed by atoms with Crippen LogP contribution in [0.1, 0.15) is 22.7 Å². The Hall–Kier alpha value is -3.03. The Balaban J connectivity index is 1.68. The van der Waals surface area contributed by atoms with Crippen LogP contribution in [0.5, 0.6) is 17.2 Å². The minimum Gasteiger partial charge on any atom is -0.496 e. The minimum atomic E-state index is -3.77. The second-order valence-electron chi connectivity index (χ2n) is 7.40. The van der Waals surface area contributed by atoms with Gasteiger partial charge < -0.3 is 14.2 Å². The first-order valence-corrected chi connectivity index (χ1v) is 11.5. The van der Waals surface area contributed by atoms with Crippen molar-refractivity contribution in [1.29, 1.82) is 0 Å². The van der Waals surface area contributed by atoms with E-state index >= 15 is 0 Å². The average molecular weight is 440 g/mol. The first-order chi connectivity index (χ1) is 15.0. The van der Waals surface area contributed by atoms with Crippen molar-refractivity contribution in [2.75, 3.05) is 20.3 Å². The van der Waals surface area contributed by atoms with Gasteiger partial charge in [-0.3, -0.25) is 0 Å². The number of sulfonamides is 1. The predicted octanol–water partition coefficient (Wildman–Crippen LogP) is 4.04. The SMILES string of the molecule is COc1ccc(S(=O)(=O)NC(Cc2ccccc2)c2ccc3c(c2)OCCO3)cc1C. The van der Waals surface area contributed by atoms with Gasteiger partial charge in [-0.15, -0.1) is 0 Å². The van der Waals surface area contributed by atoms with Crippen LogP contribution in [-0.4, -0.2) is 28.7 Å². The molecule has 1 unspecified atom stereocenters. The molecule has 0 aliphatic carbocycles. The van der Waals surface area contributed by atoms with Crippen molar-refractivity contribution < 1.29 is 22.6 Å². The van der Waals surface area contributed by atoms with Gasteiger partial charge in [0.1, 0.15) is 19.0 Å². The quantitative estimate of drug-likeness (QED) is 0.602. The maximum absolute atomic E-state index is 13.2. The van der Waals surface area contributed by atoms with Gasteiger partial charge >= 0.3 is 0 Å². The van der Waals surface area contributed by atoms with Crippen LogP contribution in [0, 0.1) is 6.92 Å². The van der Waals surface area contributed by atoms with Gasteiger partial charge in [0.15, 0.2) is 11.5 Å². The van der Waals surface area contributed by atoms with Gasteiger partial charge in [0.2, 0.25) is 10.0 Å². The fourth-order valence-electron chi connectivity index (χ4n) is 3.63. The minimum absolute atomic E-state index is 0.196. The Morgan fingerprint density at radius 1 is 0.968 bits per heavy atom. The summed E-state index contributed by atoms with van der Waals surface area (Å²) >= 11 is 0. The van der Waals surface area contributed by atoms with E-state index in [1.807, 2.05) is 55.5 Å². The number of hydrogen-bond donors (Lipinski definition) is 1. The molecule has 3 aromatic carbocycles. The summed E-state index contributed by atoms with van der Waals surface area (Å²) in [4.78, 5) is 0.196. The van der Waals surface area contributed by atoms with E-state index in [9.17, 15) is 8.42 Å². The maximum Gasteiger partial charge on any atom is 0.241 e. The number of fused-ring (bicyclic) bond motifs is 1. The van der Waals surface area contributed by atoms with Crippen molar-refractivity contribution in [3.05, 3.63) is 83.4 Å². The van der Waals surface area contributed by atoms with Crippen LogP contribution in [0.25, 0.3) is 0 Å². The highest BCUT2D eigenvalue weighted by molar-refractivity contribution is 7.89. The van der Waals surface area contributed by atoms with Gasteiger partial charge in [-0.1, -0.05) is 36.4 Å². The largest absolute Gasteiger partial charge is 0.496 e. The molecular weight excluding hydrogens is 414 g/mol. The lowest BCUT2D eigenvalue weighted by Gasteiger charge is -2.23. The third-order valence-electron chi connectivity index (χ3n) is 5.23. The van der Waals surface area contributed by atoms with Gasteiger partial charge in [-0.2, -0.15) is 0 Å². The second kappa shape index (κ2) is 8.99. The van der Waals surface area contributed by atoms with Crippen LogP contribution in [0.4, 0.5) is 0 Å². The maximum atomic E-state index is 13.2. The highest BCUT2D eigenvalue weighted by Crippen LogP contribution is 2.34. The van der Waals surface area contributed by atoms with Gasteiger partial charge in [0.25, 0.3) is 0 Å². The Morgan fingerprint density at radius 3 is 2.42 bits per heavy atom. The summed E-state index contributed by atoms with van der Waals surface area (Å²) in [7, 11) is -2.21. The number of ether oxygens (including phenoxy) is 3. The third kappa shape index (κ3) is 4.84. The topological polar surface area (TPSA) is 73.9 Å². The Kier molecular flexibility index (Phi) is 6.15. The molecule has 0 saturated heterocycles. The van der Waals surface area contributed by atoms with Crippen LogP contribution >= 0.6 is 0 Å². The van der Waals surface area contributed by atoms with Gasteiger partial charge in [-0.05, 0) is 60.4 Å². The fourth-order valence-corrected chi connectivity index (χ4v) is 4.94. The van der Waals surface area contributed by atoms with E-state index in [0.29, 0.717) is 36.9 Å². The Morgan fingerprint density at radius 2 is 1.71 bits per heavy atom. The van der Waals surface area contributed by atoms with Crippen LogP contribution in [-0.2, 0) is 16.4 Å². The van der Waals surface area contributed by atoms with E-state index in [0.717, 1.165) is 16.7 Å². The summed E-state index contributed by atoms with van der Waals surface area (Å²) in [5.41, 5.74) is 2.59. The summed E-state index contributed by atoms with van der Waals surface area (Å²) < 4.78 is 45.9. The Bertz CT molecular complexity index is 1160. The van der Waals surface area contributed by atoms with Crippen LogP contribution in [0.2, 0.25) is 0 Å². The summed E-state index contributed by atoms with van der Waals surface area (Å²) in [5.74, 6) is 1.94. The molecule has 7 heteroatoms. The van der Waals surface area contributed by atoms with Crippen molar-refractivity contribution in [3.63, 3.8) is 0 Å². The zero-order chi connectivity index (χ0) is 21.8. The molecule has 3 aromatic rings. The van der Waals surface area contributed by atoms with Crippen LogP contribution < -0.4 is 18.9 Å². The molecule has 4 rings (SSSR count). The Labute approximate surface area is 182 Å². The molecule has 0 fully saturated rings. The molecule has 1 aliphatic heterocycles. The zero-order valence-electron chi connectivity index (χ0n) is 17.5. The normalized spacial score (nSPS) is 14.1. The number of methoxy groups -OCH3 is 1. The fraction of sp³-hybridized carbons (Fsp3) is 0.250. The molecule has 31 heavy (non-hydrogen) atoms. The molecule has 0 aromatic heterocycles. The van der Waals surface area contributed by atoms with Crippen molar-refractivity contribution in [2.24, 2.45) is 0 Å². The van der Waals surface area contributed by atoms with Crippen LogP contribution in [0.15, 0.2) is 71.6 Å². The van der Waals surface area contributed by atoms with Crippen molar-refractivity contribution in [1.82, 2.24) is 4.72 Å². The summed E-state index contributed by atoms with van der Waals surface area (Å²) in [6.07, 6.45) is 0.495. The standard InChI is InChI=1S/C24H25NO5S/c1-17-14-20(9-11-22(17)28-2)31(26,27)25-21(15-18-6-4-3-5-7-18)19-8-10-23-24(16-19)30-13-12-29-23/h3-11,14,16,21,25H,12-13,15H2,1-2H3. The van der Waals surface area contributed by atoms with E-state index in [1.54, 1.807) is 25.3 Å². The first-order valence-electron chi connectivity index (χ1n) is 10.1. The highest BCUT2D eigenvalue weighted by atomic mass is 32.2. The third-order valence-corrected chi connectivity index (χ3v) is 6.69. The lowest BCUT2D eigenvalue weighted by atomic mass is 9.99. The number of nitrogens with one attached hydrogen (secondary N) is 1. The summed E-state index contributed by atoms with van der Waals surface area (Å²) in [6, 6.07) is 19.7. The molecule has 0 saturated carbocycles. The van der Waals surface area contributed by atoms with Gasteiger partial charge in [-0.25, -0.2) is 13.1 Å². The number of rotatable bonds is 7. The zero-order valence-corrected chi connectivity index (χ0v) is 18.3. The smallest absolute Gasteiger partial charge is 0.241 e. The van der Waals surface area contributed by atoms with Crippen molar-refractivity contribution >= 4 is 10.0 Å². The second-order valence-corrected chi connectivity index (χ2v) is 9.11. The van der Waals surface area contributed by atoms with Crippen LogP contribution in [0.3, 0.4) is 0 Å². The molecule has 1 N–H and O–H groups in total. The monoisotopic (exact) mass is 439 g/mol. The molecular formula is C24H25NO5S. The van der Waals surface area contributed by atoms with Crippen molar-refractivity contribution in [3.8, 4) is 17.2 Å². The highest BCUT2D eigenvalue weighted by Gasteiger charge is 2.24. The molecule has 0 spiro atoms.